The fourth-order valence-electron chi connectivity index (χ4n) is 4.24. The van der Waals surface area contributed by atoms with Crippen LogP contribution in [0.15, 0.2) is 77.7 Å². The van der Waals surface area contributed by atoms with Crippen LogP contribution in [0.2, 0.25) is 5.02 Å². The van der Waals surface area contributed by atoms with Gasteiger partial charge in [0.1, 0.15) is 24.1 Å². The number of halogens is 1. The molecule has 0 saturated carbocycles. The number of sulfonamides is 1. The first-order valence-electron chi connectivity index (χ1n) is 12.8. The predicted molar refractivity (Wildman–Crippen MR) is 155 cm³/mol. The highest BCUT2D eigenvalue weighted by Gasteiger charge is 2.33. The number of ether oxygens (including phenoxy) is 2. The Morgan fingerprint density at radius 2 is 1.68 bits per heavy atom. The van der Waals surface area contributed by atoms with E-state index in [-0.39, 0.29) is 28.1 Å². The lowest BCUT2D eigenvalue weighted by Crippen LogP contribution is -2.52. The quantitative estimate of drug-likeness (QED) is 0.316. The molecule has 40 heavy (non-hydrogen) atoms. The molecule has 0 spiro atoms. The number of hydrogen-bond acceptors (Lipinski definition) is 6. The van der Waals surface area contributed by atoms with E-state index in [1.54, 1.807) is 50.2 Å². The standard InChI is InChI=1S/C29H34ClN3O6S/c1-5-26(29(35)31-6-2)32(19-21-11-10-12-23(17-21)38-3)28(34)20-33(22-15-16-27(39-4)25(30)18-22)40(36,37)24-13-8-7-9-14-24/h7-18,26H,5-6,19-20H2,1-4H3,(H,31,35)/t26-/m0/s1. The number of likely N-dealkylation sites (N-methyl/N-ethyl adjacent to an activating group) is 1. The highest BCUT2D eigenvalue weighted by atomic mass is 35.5. The lowest BCUT2D eigenvalue weighted by atomic mass is 10.1. The van der Waals surface area contributed by atoms with E-state index in [1.807, 2.05) is 6.07 Å². The van der Waals surface area contributed by atoms with E-state index in [4.69, 9.17) is 21.1 Å². The molecule has 0 heterocycles. The summed E-state index contributed by atoms with van der Waals surface area (Å²) in [5.41, 5.74) is 0.899. The molecule has 1 atom stereocenters. The van der Waals surface area contributed by atoms with Crippen molar-refractivity contribution in [2.45, 2.75) is 37.8 Å². The van der Waals surface area contributed by atoms with Gasteiger partial charge in [0.25, 0.3) is 10.0 Å². The Labute approximate surface area is 240 Å². The number of rotatable bonds is 13. The van der Waals surface area contributed by atoms with Gasteiger partial charge in [0, 0.05) is 13.1 Å². The topological polar surface area (TPSA) is 105 Å². The van der Waals surface area contributed by atoms with Crippen LogP contribution in [-0.4, -0.2) is 58.5 Å². The number of carbonyl (C=O) groups is 2. The second kappa shape index (κ2) is 14.0. The highest BCUT2D eigenvalue weighted by molar-refractivity contribution is 7.92. The van der Waals surface area contributed by atoms with Crippen LogP contribution >= 0.6 is 11.6 Å². The number of nitrogens with zero attached hydrogens (tertiary/aromatic N) is 2. The van der Waals surface area contributed by atoms with Crippen molar-refractivity contribution in [1.82, 2.24) is 10.2 Å². The summed E-state index contributed by atoms with van der Waals surface area (Å²) >= 11 is 6.35. The molecule has 0 saturated heterocycles. The lowest BCUT2D eigenvalue weighted by molar-refractivity contribution is -0.140. The Balaban J connectivity index is 2.09. The van der Waals surface area contributed by atoms with Crippen molar-refractivity contribution < 1.29 is 27.5 Å². The van der Waals surface area contributed by atoms with Gasteiger partial charge in [-0.25, -0.2) is 8.42 Å². The number of nitrogens with one attached hydrogen (secondary N) is 1. The van der Waals surface area contributed by atoms with Gasteiger partial charge in [0.2, 0.25) is 11.8 Å². The first-order valence-corrected chi connectivity index (χ1v) is 14.6. The lowest BCUT2D eigenvalue weighted by Gasteiger charge is -2.33. The summed E-state index contributed by atoms with van der Waals surface area (Å²) in [6.45, 7) is 3.47. The van der Waals surface area contributed by atoms with Crippen LogP contribution in [0.1, 0.15) is 25.8 Å². The number of amides is 2. The van der Waals surface area contributed by atoms with E-state index in [1.165, 1.54) is 49.5 Å². The third-order valence-electron chi connectivity index (χ3n) is 6.26. The van der Waals surface area contributed by atoms with E-state index in [0.29, 0.717) is 24.5 Å². The number of carbonyl (C=O) groups excluding carboxylic acids is 2. The molecule has 214 valence electrons. The average molecular weight is 588 g/mol. The average Bonchev–Trinajstić information content (AvgIpc) is 2.96. The molecule has 0 fully saturated rings. The Morgan fingerprint density at radius 3 is 2.27 bits per heavy atom. The molecule has 0 radical (unpaired) electrons. The minimum Gasteiger partial charge on any atom is -0.497 e. The number of anilines is 1. The van der Waals surface area contributed by atoms with Crippen LogP contribution in [0, 0.1) is 0 Å². The molecule has 0 aromatic heterocycles. The summed E-state index contributed by atoms with van der Waals surface area (Å²) in [6, 6.07) is 18.6. The van der Waals surface area contributed by atoms with Gasteiger partial charge in [0.05, 0.1) is 29.8 Å². The van der Waals surface area contributed by atoms with Crippen LogP contribution in [0.25, 0.3) is 0 Å². The monoisotopic (exact) mass is 587 g/mol. The van der Waals surface area contributed by atoms with Crippen LogP contribution in [-0.2, 0) is 26.2 Å². The third-order valence-corrected chi connectivity index (χ3v) is 8.34. The summed E-state index contributed by atoms with van der Waals surface area (Å²) in [7, 11) is -1.21. The van der Waals surface area contributed by atoms with E-state index in [9.17, 15) is 18.0 Å². The van der Waals surface area contributed by atoms with E-state index in [2.05, 4.69) is 5.32 Å². The third kappa shape index (κ3) is 7.25. The van der Waals surface area contributed by atoms with Crippen molar-refractivity contribution in [2.75, 3.05) is 31.6 Å². The molecule has 3 aromatic carbocycles. The molecule has 3 aromatic rings. The van der Waals surface area contributed by atoms with Crippen molar-refractivity contribution in [3.8, 4) is 11.5 Å². The molecule has 1 N–H and O–H groups in total. The normalized spacial score (nSPS) is 11.8. The van der Waals surface area contributed by atoms with Gasteiger partial charge in [-0.2, -0.15) is 0 Å². The van der Waals surface area contributed by atoms with E-state index < -0.39 is 28.5 Å². The van der Waals surface area contributed by atoms with Crippen molar-refractivity contribution in [3.05, 3.63) is 83.4 Å². The summed E-state index contributed by atoms with van der Waals surface area (Å²) in [5, 5.41) is 2.96. The van der Waals surface area contributed by atoms with Crippen LogP contribution < -0.4 is 19.1 Å². The minimum absolute atomic E-state index is 0.00449. The summed E-state index contributed by atoms with van der Waals surface area (Å²) in [4.78, 5) is 28.5. The van der Waals surface area contributed by atoms with E-state index >= 15 is 0 Å². The predicted octanol–water partition coefficient (Wildman–Crippen LogP) is 4.50. The van der Waals surface area contributed by atoms with Crippen molar-refractivity contribution in [2.24, 2.45) is 0 Å². The molecule has 0 aliphatic heterocycles. The molecule has 11 heteroatoms. The van der Waals surface area contributed by atoms with Gasteiger partial charge in [-0.05, 0) is 61.4 Å². The molecule has 0 aliphatic rings. The molecular weight excluding hydrogens is 554 g/mol. The Bertz CT molecular complexity index is 1420. The summed E-state index contributed by atoms with van der Waals surface area (Å²) < 4.78 is 39.3. The maximum absolute atomic E-state index is 14.0. The maximum atomic E-state index is 14.0. The van der Waals surface area contributed by atoms with Gasteiger partial charge >= 0.3 is 0 Å². The van der Waals surface area contributed by atoms with Gasteiger partial charge in [-0.3, -0.25) is 13.9 Å². The van der Waals surface area contributed by atoms with Gasteiger partial charge < -0.3 is 19.7 Å². The van der Waals surface area contributed by atoms with Crippen LogP contribution in [0.3, 0.4) is 0 Å². The van der Waals surface area contributed by atoms with Gasteiger partial charge in [-0.15, -0.1) is 0 Å². The molecule has 0 bridgehead atoms. The summed E-state index contributed by atoms with van der Waals surface area (Å²) in [5.74, 6) is 0.0615. The van der Waals surface area contributed by atoms with Crippen molar-refractivity contribution >= 4 is 39.1 Å². The second-order valence-electron chi connectivity index (χ2n) is 8.84. The number of methoxy groups -OCH3 is 2. The Kier molecular flexibility index (Phi) is 10.8. The van der Waals surface area contributed by atoms with E-state index in [0.717, 1.165) is 9.87 Å². The van der Waals surface area contributed by atoms with Crippen LogP contribution in [0.5, 0.6) is 11.5 Å². The van der Waals surface area contributed by atoms with Crippen molar-refractivity contribution in [3.63, 3.8) is 0 Å². The molecule has 2 amide bonds. The first-order chi connectivity index (χ1) is 19.2. The fraction of sp³-hybridized carbons (Fsp3) is 0.310. The molecule has 0 unspecified atom stereocenters. The van der Waals surface area contributed by atoms with Crippen LogP contribution in [0.4, 0.5) is 5.69 Å². The smallest absolute Gasteiger partial charge is 0.264 e. The number of hydrogen-bond donors (Lipinski definition) is 1. The molecular formula is C29H34ClN3O6S. The molecule has 3 rings (SSSR count). The van der Waals surface area contributed by atoms with Gasteiger partial charge in [-0.1, -0.05) is 48.9 Å². The zero-order valence-corrected chi connectivity index (χ0v) is 24.5. The SMILES string of the molecule is CCNC(=O)[C@H](CC)N(Cc1cccc(OC)c1)C(=O)CN(c1ccc(OC)c(Cl)c1)S(=O)(=O)c1ccccc1. The zero-order chi connectivity index (χ0) is 29.3. The molecule has 9 nitrogen and oxygen atoms in total. The zero-order valence-electron chi connectivity index (χ0n) is 23.0. The summed E-state index contributed by atoms with van der Waals surface area (Å²) in [6.07, 6.45) is 0.321. The molecule has 0 aliphatic carbocycles. The second-order valence-corrected chi connectivity index (χ2v) is 11.1. The largest absolute Gasteiger partial charge is 0.497 e. The fourth-order valence-corrected chi connectivity index (χ4v) is 5.92. The highest BCUT2D eigenvalue weighted by Crippen LogP contribution is 2.32. The Morgan fingerprint density at radius 1 is 0.950 bits per heavy atom. The first kappa shape index (κ1) is 30.8. The minimum atomic E-state index is -4.20. The Hall–Kier alpha value is -3.76. The van der Waals surface area contributed by atoms with Gasteiger partial charge in [0.15, 0.2) is 0 Å². The van der Waals surface area contributed by atoms with Crippen molar-refractivity contribution in [1.29, 1.82) is 0 Å². The number of benzene rings is 3. The maximum Gasteiger partial charge on any atom is 0.264 e.